The number of aromatic nitrogens is 3. The maximum Gasteiger partial charge on any atom is 0.398 e. The van der Waals surface area contributed by atoms with Gasteiger partial charge >= 0.3 is 7.60 Å². The summed E-state index contributed by atoms with van der Waals surface area (Å²) in [6, 6.07) is 0. The summed E-state index contributed by atoms with van der Waals surface area (Å²) in [4.78, 5) is 11.1. The van der Waals surface area contributed by atoms with Crippen LogP contribution in [0.1, 0.15) is 13.8 Å². The van der Waals surface area contributed by atoms with Gasteiger partial charge in [-0.15, -0.1) is 0 Å². The first-order valence-electron chi connectivity index (χ1n) is 4.24. The number of rotatable bonds is 5. The van der Waals surface area contributed by atoms with E-state index in [4.69, 9.17) is 9.05 Å². The van der Waals surface area contributed by atoms with Crippen LogP contribution in [0.15, 0.2) is 12.7 Å². The van der Waals surface area contributed by atoms with Crippen LogP contribution in [0.4, 0.5) is 0 Å². The Hall–Kier alpha value is -0.840. The lowest BCUT2D eigenvalue weighted by Gasteiger charge is -2.14. The van der Waals surface area contributed by atoms with E-state index in [9.17, 15) is 4.57 Å². The van der Waals surface area contributed by atoms with Crippen molar-refractivity contribution >= 4 is 13.2 Å². The normalized spacial score (nSPS) is 11.6. The van der Waals surface area contributed by atoms with E-state index in [1.807, 2.05) is 0 Å². The molecule has 6 nitrogen and oxygen atoms in total. The molecule has 0 N–H and O–H groups in total. The third-order valence-electron chi connectivity index (χ3n) is 1.32. The van der Waals surface area contributed by atoms with Gasteiger partial charge in [0.2, 0.25) is 5.57 Å². The fraction of sp³-hybridized carbons (Fsp3) is 0.571. The zero-order valence-corrected chi connectivity index (χ0v) is 8.98. The molecule has 0 bridgehead atoms. The Morgan fingerprint density at radius 2 is 1.71 bits per heavy atom. The highest BCUT2D eigenvalue weighted by Crippen LogP contribution is 2.45. The van der Waals surface area contributed by atoms with Crippen LogP contribution in [-0.2, 0) is 13.6 Å². The molecular formula is C7H12N3O3P. The summed E-state index contributed by atoms with van der Waals surface area (Å²) < 4.78 is 22.1. The van der Waals surface area contributed by atoms with Gasteiger partial charge in [0, 0.05) is 0 Å². The highest BCUT2D eigenvalue weighted by molar-refractivity contribution is 7.61. The average Bonchev–Trinajstić information content (AvgIpc) is 2.20. The van der Waals surface area contributed by atoms with Crippen molar-refractivity contribution in [3.8, 4) is 0 Å². The molecule has 0 radical (unpaired) electrons. The van der Waals surface area contributed by atoms with Crippen molar-refractivity contribution in [1.82, 2.24) is 15.0 Å². The van der Waals surface area contributed by atoms with Gasteiger partial charge < -0.3 is 9.05 Å². The smallest absolute Gasteiger partial charge is 0.303 e. The van der Waals surface area contributed by atoms with E-state index in [0.717, 1.165) is 0 Å². The molecule has 0 unspecified atom stereocenters. The SMILES string of the molecule is CCOP(=O)(OCC)c1ncncn1. The highest BCUT2D eigenvalue weighted by Gasteiger charge is 2.29. The zero-order valence-electron chi connectivity index (χ0n) is 8.08. The summed E-state index contributed by atoms with van der Waals surface area (Å²) in [7, 11) is -3.33. The number of hydrogen-bond acceptors (Lipinski definition) is 6. The van der Waals surface area contributed by atoms with Crippen molar-refractivity contribution in [2.75, 3.05) is 13.2 Å². The minimum atomic E-state index is -3.33. The molecule has 14 heavy (non-hydrogen) atoms. The van der Waals surface area contributed by atoms with E-state index in [1.165, 1.54) is 12.7 Å². The summed E-state index contributed by atoms with van der Waals surface area (Å²) in [6.45, 7) is 4.02. The molecule has 78 valence electrons. The van der Waals surface area contributed by atoms with Gasteiger partial charge in [-0.3, -0.25) is 4.57 Å². The molecule has 0 aliphatic heterocycles. The first-order chi connectivity index (χ1) is 6.73. The zero-order chi connectivity index (χ0) is 10.4. The Balaban J connectivity index is 2.94. The van der Waals surface area contributed by atoms with Crippen LogP contribution in [0.25, 0.3) is 0 Å². The molecule has 0 aliphatic rings. The fourth-order valence-electron chi connectivity index (χ4n) is 0.867. The Labute approximate surface area is 82.2 Å². The molecule has 0 atom stereocenters. The molecule has 0 fully saturated rings. The second-order valence-electron chi connectivity index (χ2n) is 2.27. The molecule has 1 rings (SSSR count). The van der Waals surface area contributed by atoms with Crippen molar-refractivity contribution in [3.05, 3.63) is 12.7 Å². The molecule has 1 aromatic heterocycles. The van der Waals surface area contributed by atoms with Crippen molar-refractivity contribution in [1.29, 1.82) is 0 Å². The molecule has 0 saturated heterocycles. The van der Waals surface area contributed by atoms with Gasteiger partial charge in [0.05, 0.1) is 13.2 Å². The summed E-state index contributed by atoms with van der Waals surface area (Å²) in [5.41, 5.74) is 0.0520. The van der Waals surface area contributed by atoms with Gasteiger partial charge in [0.25, 0.3) is 0 Å². The predicted octanol–water partition coefficient (Wildman–Crippen LogP) is 0.763. The van der Waals surface area contributed by atoms with E-state index >= 15 is 0 Å². The fourth-order valence-corrected chi connectivity index (χ4v) is 2.24. The van der Waals surface area contributed by atoms with Crippen LogP contribution in [0, 0.1) is 0 Å². The molecule has 1 aromatic rings. The van der Waals surface area contributed by atoms with Crippen molar-refractivity contribution in [3.63, 3.8) is 0 Å². The summed E-state index contributed by atoms with van der Waals surface area (Å²) in [6.07, 6.45) is 2.51. The topological polar surface area (TPSA) is 74.2 Å². The summed E-state index contributed by atoms with van der Waals surface area (Å²) in [5.74, 6) is 0. The molecule has 1 heterocycles. The Bertz CT molecular complexity index is 309. The molecule has 0 spiro atoms. The Morgan fingerprint density at radius 1 is 1.21 bits per heavy atom. The standard InChI is InChI=1S/C7H12N3O3P/c1-3-12-14(11,13-4-2)7-9-5-8-6-10-7/h5-6H,3-4H2,1-2H3. The minimum absolute atomic E-state index is 0.0520. The van der Waals surface area contributed by atoms with Gasteiger partial charge in [-0.25, -0.2) is 15.0 Å². The highest BCUT2D eigenvalue weighted by atomic mass is 31.2. The lowest BCUT2D eigenvalue weighted by atomic mass is 10.9. The first-order valence-corrected chi connectivity index (χ1v) is 5.79. The summed E-state index contributed by atoms with van der Waals surface area (Å²) in [5, 5.41) is 0. The largest absolute Gasteiger partial charge is 0.398 e. The Kier molecular flexibility index (Phi) is 4.13. The van der Waals surface area contributed by atoms with Gasteiger partial charge in [-0.05, 0) is 13.8 Å². The lowest BCUT2D eigenvalue weighted by Crippen LogP contribution is -2.17. The predicted molar refractivity (Wildman–Crippen MR) is 50.3 cm³/mol. The van der Waals surface area contributed by atoms with Crippen LogP contribution in [0.2, 0.25) is 0 Å². The maximum atomic E-state index is 12.0. The van der Waals surface area contributed by atoms with E-state index in [-0.39, 0.29) is 18.8 Å². The van der Waals surface area contributed by atoms with Gasteiger partial charge in [-0.1, -0.05) is 0 Å². The van der Waals surface area contributed by atoms with E-state index in [0.29, 0.717) is 0 Å². The van der Waals surface area contributed by atoms with Crippen molar-refractivity contribution < 1.29 is 13.6 Å². The van der Waals surface area contributed by atoms with Crippen LogP contribution >= 0.6 is 7.60 Å². The molecule has 0 aromatic carbocycles. The second kappa shape index (κ2) is 5.14. The third kappa shape index (κ3) is 2.57. The van der Waals surface area contributed by atoms with Gasteiger partial charge in [0.15, 0.2) is 0 Å². The van der Waals surface area contributed by atoms with Crippen molar-refractivity contribution in [2.24, 2.45) is 0 Å². The monoisotopic (exact) mass is 217 g/mol. The van der Waals surface area contributed by atoms with Crippen LogP contribution in [0.5, 0.6) is 0 Å². The van der Waals surface area contributed by atoms with Gasteiger partial charge in [0.1, 0.15) is 12.7 Å². The molecule has 7 heteroatoms. The summed E-state index contributed by atoms with van der Waals surface area (Å²) >= 11 is 0. The van der Waals surface area contributed by atoms with Crippen LogP contribution < -0.4 is 5.57 Å². The molecular weight excluding hydrogens is 205 g/mol. The maximum absolute atomic E-state index is 12.0. The molecule has 0 aliphatic carbocycles. The second-order valence-corrected chi connectivity index (χ2v) is 4.18. The average molecular weight is 217 g/mol. The first kappa shape index (κ1) is 11.2. The van der Waals surface area contributed by atoms with E-state index < -0.39 is 7.60 Å². The molecule has 0 amide bonds. The lowest BCUT2D eigenvalue weighted by molar-refractivity contribution is 0.228. The minimum Gasteiger partial charge on any atom is -0.303 e. The van der Waals surface area contributed by atoms with E-state index in [1.54, 1.807) is 13.8 Å². The number of nitrogens with zero attached hydrogens (tertiary/aromatic N) is 3. The van der Waals surface area contributed by atoms with Crippen molar-refractivity contribution in [2.45, 2.75) is 13.8 Å². The van der Waals surface area contributed by atoms with E-state index in [2.05, 4.69) is 15.0 Å². The van der Waals surface area contributed by atoms with Crippen LogP contribution in [-0.4, -0.2) is 28.2 Å². The third-order valence-corrected chi connectivity index (χ3v) is 3.24. The van der Waals surface area contributed by atoms with Gasteiger partial charge in [-0.2, -0.15) is 0 Å². The molecule has 0 saturated carbocycles. The number of hydrogen-bond donors (Lipinski definition) is 0. The quantitative estimate of drug-likeness (QED) is 0.678. The Morgan fingerprint density at radius 3 is 2.14 bits per heavy atom. The van der Waals surface area contributed by atoms with Crippen LogP contribution in [0.3, 0.4) is 0 Å².